The molecule has 2 aromatic heterocycles. The maximum absolute atomic E-state index is 12.4. The molecule has 0 bridgehead atoms. The van der Waals surface area contributed by atoms with Crippen molar-refractivity contribution < 1.29 is 14.3 Å². The quantitative estimate of drug-likeness (QED) is 0.753. The molecular formula is C15H14N4O4S. The van der Waals surface area contributed by atoms with Gasteiger partial charge >= 0.3 is 0 Å². The van der Waals surface area contributed by atoms with Crippen LogP contribution in [0.5, 0.6) is 5.75 Å². The first kappa shape index (κ1) is 16.1. The number of fused-ring (bicyclic) bond motifs is 1. The lowest BCUT2D eigenvalue weighted by Gasteiger charge is -2.08. The van der Waals surface area contributed by atoms with Crippen molar-refractivity contribution in [3.05, 3.63) is 51.4 Å². The summed E-state index contributed by atoms with van der Waals surface area (Å²) < 4.78 is 11.3. The smallest absolute Gasteiger partial charge is 0.298 e. The molecule has 124 valence electrons. The van der Waals surface area contributed by atoms with Crippen LogP contribution in [-0.2, 0) is 11.3 Å². The summed E-state index contributed by atoms with van der Waals surface area (Å²) in [5, 5.41) is 7.31. The fourth-order valence-corrected chi connectivity index (χ4v) is 2.94. The molecule has 1 N–H and O–H groups in total. The van der Waals surface area contributed by atoms with E-state index in [2.05, 4.69) is 15.4 Å². The fourth-order valence-electron chi connectivity index (χ4n) is 2.12. The van der Waals surface area contributed by atoms with Gasteiger partial charge in [-0.15, -0.1) is 0 Å². The molecule has 9 heteroatoms. The van der Waals surface area contributed by atoms with Crippen LogP contribution < -0.4 is 15.6 Å². The van der Waals surface area contributed by atoms with Crippen molar-refractivity contribution in [2.45, 2.75) is 6.61 Å². The zero-order valence-electron chi connectivity index (χ0n) is 13.0. The predicted octanol–water partition coefficient (Wildman–Crippen LogP) is 1.56. The molecule has 1 amide bonds. The first-order chi connectivity index (χ1) is 11.6. The number of methoxy groups -OCH3 is 2. The number of ether oxygens (including phenoxy) is 2. The van der Waals surface area contributed by atoms with Crippen molar-refractivity contribution >= 4 is 27.9 Å². The van der Waals surface area contributed by atoms with Gasteiger partial charge in [0.1, 0.15) is 16.4 Å². The normalized spacial score (nSPS) is 10.8. The topological polar surface area (TPSA) is 94.8 Å². The van der Waals surface area contributed by atoms with Gasteiger partial charge in [-0.3, -0.25) is 9.59 Å². The number of hydrogen-bond acceptors (Lipinski definition) is 7. The Morgan fingerprint density at radius 2 is 2.12 bits per heavy atom. The lowest BCUT2D eigenvalue weighted by molar-refractivity contribution is 0.102. The zero-order chi connectivity index (χ0) is 17.1. The molecule has 0 spiro atoms. The van der Waals surface area contributed by atoms with Crippen LogP contribution in [0.15, 0.2) is 35.3 Å². The van der Waals surface area contributed by atoms with Gasteiger partial charge in [-0.1, -0.05) is 23.5 Å². The van der Waals surface area contributed by atoms with Gasteiger partial charge in [0.15, 0.2) is 0 Å². The molecule has 0 aliphatic rings. The highest BCUT2D eigenvalue weighted by atomic mass is 32.1. The van der Waals surface area contributed by atoms with Crippen molar-refractivity contribution in [2.75, 3.05) is 19.5 Å². The van der Waals surface area contributed by atoms with Crippen LogP contribution in [0, 0.1) is 0 Å². The van der Waals surface area contributed by atoms with Crippen LogP contribution in [0.25, 0.3) is 4.96 Å². The van der Waals surface area contributed by atoms with E-state index in [4.69, 9.17) is 9.47 Å². The molecular weight excluding hydrogens is 332 g/mol. The Morgan fingerprint density at radius 3 is 2.88 bits per heavy atom. The van der Waals surface area contributed by atoms with Gasteiger partial charge in [-0.2, -0.15) is 9.61 Å². The molecule has 3 aromatic rings. The van der Waals surface area contributed by atoms with Crippen LogP contribution in [0.4, 0.5) is 5.69 Å². The Bertz CT molecular complexity index is 950. The summed E-state index contributed by atoms with van der Waals surface area (Å²) in [6, 6.07) is 6.74. The van der Waals surface area contributed by atoms with Crippen LogP contribution >= 0.6 is 11.3 Å². The summed E-state index contributed by atoms with van der Waals surface area (Å²) in [4.78, 5) is 29.4. The SMILES string of the molecule is COCc1nn2c(=O)c(NC(=O)c3ccccc3OC)cnc2s1. The van der Waals surface area contributed by atoms with Crippen LogP contribution in [-0.4, -0.2) is 34.7 Å². The van der Waals surface area contributed by atoms with E-state index in [1.807, 2.05) is 0 Å². The molecule has 0 radical (unpaired) electrons. The first-order valence-corrected chi connectivity index (χ1v) is 7.76. The number of amides is 1. The zero-order valence-corrected chi connectivity index (χ0v) is 13.8. The van der Waals surface area contributed by atoms with Crippen molar-refractivity contribution in [2.24, 2.45) is 0 Å². The van der Waals surface area contributed by atoms with E-state index in [9.17, 15) is 9.59 Å². The number of anilines is 1. The van der Waals surface area contributed by atoms with Gasteiger partial charge in [-0.05, 0) is 12.1 Å². The predicted molar refractivity (Wildman–Crippen MR) is 88.8 cm³/mol. The van der Waals surface area contributed by atoms with Crippen molar-refractivity contribution in [1.29, 1.82) is 0 Å². The molecule has 0 fully saturated rings. The summed E-state index contributed by atoms with van der Waals surface area (Å²) in [7, 11) is 3.02. The van der Waals surface area contributed by atoms with Crippen LogP contribution in [0.3, 0.4) is 0 Å². The molecule has 2 heterocycles. The van der Waals surface area contributed by atoms with Gasteiger partial charge in [0, 0.05) is 7.11 Å². The average molecular weight is 346 g/mol. The van der Waals surface area contributed by atoms with Crippen molar-refractivity contribution in [1.82, 2.24) is 14.6 Å². The number of hydrogen-bond donors (Lipinski definition) is 1. The number of nitrogens with one attached hydrogen (secondary N) is 1. The highest BCUT2D eigenvalue weighted by Gasteiger charge is 2.16. The molecule has 3 rings (SSSR count). The van der Waals surface area contributed by atoms with Gasteiger partial charge in [0.25, 0.3) is 11.5 Å². The highest BCUT2D eigenvalue weighted by molar-refractivity contribution is 7.16. The Kier molecular flexibility index (Phi) is 4.54. The Morgan fingerprint density at radius 1 is 1.33 bits per heavy atom. The van der Waals surface area contributed by atoms with Crippen molar-refractivity contribution in [3.8, 4) is 5.75 Å². The average Bonchev–Trinajstić information content (AvgIpc) is 3.01. The second-order valence-corrected chi connectivity index (χ2v) is 5.80. The van der Waals surface area contributed by atoms with Crippen LogP contribution in [0.2, 0.25) is 0 Å². The van der Waals surface area contributed by atoms with E-state index in [-0.39, 0.29) is 12.3 Å². The number of benzene rings is 1. The summed E-state index contributed by atoms with van der Waals surface area (Å²) in [6.45, 7) is 0.288. The maximum atomic E-state index is 12.4. The monoisotopic (exact) mass is 346 g/mol. The second-order valence-electron chi connectivity index (χ2n) is 4.75. The molecule has 1 aromatic carbocycles. The number of rotatable bonds is 5. The number of carbonyl (C=O) groups excluding carboxylic acids is 1. The molecule has 0 aliphatic heterocycles. The Labute approximate surface area is 140 Å². The third-order valence-corrected chi connectivity index (χ3v) is 4.09. The molecule has 0 unspecified atom stereocenters. The maximum Gasteiger partial charge on any atom is 0.298 e. The lowest BCUT2D eigenvalue weighted by atomic mass is 10.2. The Hall–Kier alpha value is -2.78. The van der Waals surface area contributed by atoms with E-state index in [0.717, 1.165) is 4.52 Å². The van der Waals surface area contributed by atoms with E-state index >= 15 is 0 Å². The lowest BCUT2D eigenvalue weighted by Crippen LogP contribution is -2.23. The largest absolute Gasteiger partial charge is 0.496 e. The molecule has 0 saturated heterocycles. The standard InChI is InChI=1S/C15H14N4O4S/c1-22-8-12-18-19-14(21)10(7-16-15(19)24-12)17-13(20)9-5-3-4-6-11(9)23-2/h3-7H,8H2,1-2H3,(H,17,20). The van der Waals surface area contributed by atoms with E-state index in [1.54, 1.807) is 31.4 Å². The van der Waals surface area contributed by atoms with Crippen LogP contribution in [0.1, 0.15) is 15.4 Å². The van der Waals surface area contributed by atoms with Gasteiger partial charge < -0.3 is 14.8 Å². The minimum absolute atomic E-state index is 0.0395. The van der Waals surface area contributed by atoms with Gasteiger partial charge in [-0.25, -0.2) is 4.98 Å². The van der Waals surface area contributed by atoms with Gasteiger partial charge in [0.2, 0.25) is 4.96 Å². The third-order valence-electron chi connectivity index (χ3n) is 3.20. The highest BCUT2D eigenvalue weighted by Crippen LogP contribution is 2.18. The minimum Gasteiger partial charge on any atom is -0.496 e. The molecule has 24 heavy (non-hydrogen) atoms. The summed E-state index contributed by atoms with van der Waals surface area (Å²) >= 11 is 1.25. The second kappa shape index (κ2) is 6.77. The minimum atomic E-state index is -0.460. The Balaban J connectivity index is 1.94. The summed E-state index contributed by atoms with van der Waals surface area (Å²) in [5.41, 5.74) is -0.0950. The van der Waals surface area contributed by atoms with Crippen molar-refractivity contribution in [3.63, 3.8) is 0 Å². The molecule has 0 atom stereocenters. The molecule has 0 aliphatic carbocycles. The number of nitrogens with zero attached hydrogens (tertiary/aromatic N) is 3. The van der Waals surface area contributed by atoms with E-state index in [1.165, 1.54) is 24.6 Å². The number of para-hydroxylation sites is 1. The number of aromatic nitrogens is 3. The van der Waals surface area contributed by atoms with E-state index < -0.39 is 11.5 Å². The first-order valence-electron chi connectivity index (χ1n) is 6.95. The summed E-state index contributed by atoms with van der Waals surface area (Å²) in [6.07, 6.45) is 1.32. The molecule has 0 saturated carbocycles. The van der Waals surface area contributed by atoms with E-state index in [0.29, 0.717) is 21.3 Å². The summed E-state index contributed by atoms with van der Waals surface area (Å²) in [5.74, 6) is -0.0428. The number of carbonyl (C=O) groups is 1. The fraction of sp³-hybridized carbons (Fsp3) is 0.200. The van der Waals surface area contributed by atoms with Gasteiger partial charge in [0.05, 0.1) is 25.5 Å². The molecule has 8 nitrogen and oxygen atoms in total. The third kappa shape index (κ3) is 2.99.